The first-order valence-corrected chi connectivity index (χ1v) is 16.8. The Balaban J connectivity index is 1.25. The van der Waals surface area contributed by atoms with E-state index in [0.717, 1.165) is 6.42 Å². The molecular weight excluding hydrogens is 579 g/mol. The summed E-state index contributed by atoms with van der Waals surface area (Å²) < 4.78 is 2.47. The normalized spacial score (nSPS) is 13.5. The zero-order valence-corrected chi connectivity index (χ0v) is 26.4. The summed E-state index contributed by atoms with van der Waals surface area (Å²) in [6.07, 6.45) is 10.2. The topological polar surface area (TPSA) is 4.93 Å². The predicted molar refractivity (Wildman–Crippen MR) is 207 cm³/mol. The molecule has 0 unspecified atom stereocenters. The minimum Gasteiger partial charge on any atom is -0.309 e. The van der Waals surface area contributed by atoms with Crippen LogP contribution in [0.4, 0.5) is 0 Å². The molecule has 10 rings (SSSR count). The van der Waals surface area contributed by atoms with E-state index >= 15 is 0 Å². The highest BCUT2D eigenvalue weighted by Gasteiger charge is 2.20. The third-order valence-electron chi connectivity index (χ3n) is 10.2. The Morgan fingerprint density at radius 1 is 0.396 bits per heavy atom. The second kappa shape index (κ2) is 10.7. The number of nitrogens with zero attached hydrogens (tertiary/aromatic N) is 1. The first kappa shape index (κ1) is 27.0. The first-order chi connectivity index (χ1) is 23.8. The average molecular weight is 610 g/mol. The lowest BCUT2D eigenvalue weighted by molar-refractivity contribution is 1.24. The fourth-order valence-electron chi connectivity index (χ4n) is 8.17. The van der Waals surface area contributed by atoms with E-state index in [0.29, 0.717) is 0 Å². The maximum Gasteiger partial charge on any atom is 0.0547 e. The van der Waals surface area contributed by atoms with E-state index in [1.165, 1.54) is 92.9 Å². The number of hydrogen-bond acceptors (Lipinski definition) is 0. The van der Waals surface area contributed by atoms with Gasteiger partial charge in [0.05, 0.1) is 11.0 Å². The summed E-state index contributed by atoms with van der Waals surface area (Å²) in [5.74, 6) is 0. The summed E-state index contributed by atoms with van der Waals surface area (Å²) in [5, 5.41) is 12.9. The Bertz CT molecular complexity index is 2690. The van der Waals surface area contributed by atoms with E-state index in [1.54, 1.807) is 0 Å². The molecule has 1 aromatic heterocycles. The van der Waals surface area contributed by atoms with Gasteiger partial charge in [-0.15, -0.1) is 0 Å². The van der Waals surface area contributed by atoms with Crippen molar-refractivity contribution in [3.63, 3.8) is 0 Å². The molecule has 0 spiro atoms. The van der Waals surface area contributed by atoms with E-state index in [-0.39, 0.29) is 0 Å². The number of aromatic nitrogens is 1. The molecule has 1 heteroatoms. The van der Waals surface area contributed by atoms with E-state index < -0.39 is 0 Å². The zero-order chi connectivity index (χ0) is 31.6. The van der Waals surface area contributed by atoms with Crippen LogP contribution >= 0.6 is 0 Å². The SMILES string of the molecule is C1=CC(n2c3ccc4ccccc4c3c3c4ccccc4ccc32)=CC=C(c2c3ccccc3c(-c3ccccc3)c3ccccc23)C1. The first-order valence-electron chi connectivity index (χ1n) is 16.8. The van der Waals surface area contributed by atoms with Gasteiger partial charge in [-0.1, -0.05) is 152 Å². The second-order valence-corrected chi connectivity index (χ2v) is 12.8. The largest absolute Gasteiger partial charge is 0.309 e. The van der Waals surface area contributed by atoms with Crippen molar-refractivity contribution >= 4 is 76.2 Å². The highest BCUT2D eigenvalue weighted by Crippen LogP contribution is 2.44. The molecule has 0 amide bonds. The number of benzene rings is 8. The molecule has 0 saturated heterocycles. The van der Waals surface area contributed by atoms with Crippen LogP contribution in [0.1, 0.15) is 12.0 Å². The van der Waals surface area contributed by atoms with Crippen molar-refractivity contribution in [2.24, 2.45) is 0 Å². The van der Waals surface area contributed by atoms with Crippen LogP contribution in [-0.4, -0.2) is 4.57 Å². The molecular formula is C47H31N. The van der Waals surface area contributed by atoms with Gasteiger partial charge in [-0.05, 0) is 96.1 Å². The second-order valence-electron chi connectivity index (χ2n) is 12.8. The summed E-state index contributed by atoms with van der Waals surface area (Å²) >= 11 is 0. The minimum absolute atomic E-state index is 0.849. The van der Waals surface area contributed by atoms with Crippen LogP contribution in [0, 0.1) is 0 Å². The third-order valence-corrected chi connectivity index (χ3v) is 10.2. The van der Waals surface area contributed by atoms with Gasteiger partial charge in [0.2, 0.25) is 0 Å². The van der Waals surface area contributed by atoms with Gasteiger partial charge in [-0.3, -0.25) is 0 Å². The van der Waals surface area contributed by atoms with Crippen molar-refractivity contribution in [3.05, 3.63) is 182 Å². The lowest BCUT2D eigenvalue weighted by Crippen LogP contribution is -1.94. The van der Waals surface area contributed by atoms with Crippen LogP contribution in [-0.2, 0) is 0 Å². The molecule has 0 bridgehead atoms. The van der Waals surface area contributed by atoms with Crippen molar-refractivity contribution in [1.29, 1.82) is 0 Å². The van der Waals surface area contributed by atoms with Crippen molar-refractivity contribution in [2.75, 3.05) is 0 Å². The quantitative estimate of drug-likeness (QED) is 0.176. The summed E-state index contributed by atoms with van der Waals surface area (Å²) in [5.41, 5.74) is 8.83. The smallest absolute Gasteiger partial charge is 0.0547 e. The number of hydrogen-bond donors (Lipinski definition) is 0. The standard InChI is InChI=1S/C47H31N/c1-2-15-33(16-3-1)44-38-21-8-10-23-40(38)45(41-24-11-9-22-39(41)44)34-17-12-18-35(28-25-34)48-42-29-26-31-13-4-6-19-36(31)46(42)47-37-20-7-5-14-32(37)27-30-43(47)48/h1-16,18-30H,17H2. The molecule has 1 heterocycles. The van der Waals surface area contributed by atoms with Crippen molar-refractivity contribution < 1.29 is 0 Å². The van der Waals surface area contributed by atoms with Gasteiger partial charge in [0.15, 0.2) is 0 Å². The van der Waals surface area contributed by atoms with Crippen molar-refractivity contribution in [2.45, 2.75) is 6.42 Å². The van der Waals surface area contributed by atoms with E-state index in [1.807, 2.05) is 0 Å². The average Bonchev–Trinajstić information content (AvgIpc) is 3.32. The molecule has 0 N–H and O–H groups in total. The van der Waals surface area contributed by atoms with Crippen LogP contribution in [0.25, 0.3) is 87.3 Å². The van der Waals surface area contributed by atoms with E-state index in [9.17, 15) is 0 Å². The number of allylic oxidation sites excluding steroid dienone is 6. The minimum atomic E-state index is 0.849. The fourth-order valence-corrected chi connectivity index (χ4v) is 8.17. The Hall–Kier alpha value is -6.18. The van der Waals surface area contributed by atoms with Crippen LogP contribution in [0.2, 0.25) is 0 Å². The predicted octanol–water partition coefficient (Wildman–Crippen LogP) is 13.0. The van der Waals surface area contributed by atoms with Gasteiger partial charge < -0.3 is 4.57 Å². The molecule has 9 aromatic rings. The van der Waals surface area contributed by atoms with Gasteiger partial charge in [-0.2, -0.15) is 0 Å². The Morgan fingerprint density at radius 3 is 1.44 bits per heavy atom. The summed E-state index contributed by atoms with van der Waals surface area (Å²) in [4.78, 5) is 0. The van der Waals surface area contributed by atoms with Crippen molar-refractivity contribution in [3.8, 4) is 11.1 Å². The van der Waals surface area contributed by atoms with Crippen LogP contribution < -0.4 is 0 Å². The maximum atomic E-state index is 2.47. The van der Waals surface area contributed by atoms with E-state index in [4.69, 9.17) is 0 Å². The summed E-state index contributed by atoms with van der Waals surface area (Å²) in [6.45, 7) is 0. The van der Waals surface area contributed by atoms with Crippen LogP contribution in [0.3, 0.4) is 0 Å². The molecule has 0 aliphatic heterocycles. The van der Waals surface area contributed by atoms with Gasteiger partial charge in [0.1, 0.15) is 0 Å². The van der Waals surface area contributed by atoms with E-state index in [2.05, 4.69) is 181 Å². The van der Waals surface area contributed by atoms with Crippen LogP contribution in [0.15, 0.2) is 176 Å². The molecule has 1 aliphatic rings. The van der Waals surface area contributed by atoms with Crippen LogP contribution in [0.5, 0.6) is 0 Å². The lowest BCUT2D eigenvalue weighted by atomic mass is 9.85. The molecule has 0 atom stereocenters. The summed E-state index contributed by atoms with van der Waals surface area (Å²) in [6, 6.07) is 55.4. The molecule has 48 heavy (non-hydrogen) atoms. The zero-order valence-electron chi connectivity index (χ0n) is 26.4. The third kappa shape index (κ3) is 3.98. The molecule has 8 aromatic carbocycles. The molecule has 0 radical (unpaired) electrons. The highest BCUT2D eigenvalue weighted by atomic mass is 15.0. The number of rotatable bonds is 3. The maximum absolute atomic E-state index is 2.47. The lowest BCUT2D eigenvalue weighted by Gasteiger charge is -2.18. The van der Waals surface area contributed by atoms with Gasteiger partial charge in [-0.25, -0.2) is 0 Å². The Labute approximate surface area is 279 Å². The molecule has 224 valence electrons. The Morgan fingerprint density at radius 2 is 0.875 bits per heavy atom. The Kier molecular flexibility index (Phi) is 6.01. The highest BCUT2D eigenvalue weighted by molar-refractivity contribution is 6.29. The molecule has 1 nitrogen and oxygen atoms in total. The van der Waals surface area contributed by atoms with Gasteiger partial charge in [0, 0.05) is 16.5 Å². The van der Waals surface area contributed by atoms with Gasteiger partial charge >= 0.3 is 0 Å². The van der Waals surface area contributed by atoms with Gasteiger partial charge in [0.25, 0.3) is 0 Å². The number of fused-ring (bicyclic) bond motifs is 9. The molecule has 0 fully saturated rings. The fraction of sp³-hybridized carbons (Fsp3) is 0.0213. The molecule has 1 aliphatic carbocycles. The van der Waals surface area contributed by atoms with Crippen molar-refractivity contribution in [1.82, 2.24) is 4.57 Å². The monoisotopic (exact) mass is 609 g/mol. The summed E-state index contributed by atoms with van der Waals surface area (Å²) in [7, 11) is 0. The molecule has 0 saturated carbocycles.